The minimum atomic E-state index is -0.471. The molecule has 0 aliphatic carbocycles. The first-order chi connectivity index (χ1) is 8.31. The van der Waals surface area contributed by atoms with Crippen LogP contribution < -0.4 is 10.1 Å². The molecular weight excluding hydrogens is 214 g/mol. The van der Waals surface area contributed by atoms with Crippen molar-refractivity contribution >= 4 is 16.9 Å². The van der Waals surface area contributed by atoms with Gasteiger partial charge in [0.1, 0.15) is 5.75 Å². The van der Waals surface area contributed by atoms with E-state index in [1.54, 1.807) is 12.1 Å². The predicted molar refractivity (Wildman–Crippen MR) is 68.2 cm³/mol. The van der Waals surface area contributed by atoms with E-state index in [2.05, 4.69) is 11.9 Å². The molecule has 0 radical (unpaired) electrons. The normalized spacial score (nSPS) is 9.88. The minimum Gasteiger partial charge on any atom is -0.410 e. The zero-order valence-electron chi connectivity index (χ0n) is 9.35. The largest absolute Gasteiger partial charge is 0.412 e. The second-order valence-corrected chi connectivity index (χ2v) is 3.54. The Morgan fingerprint density at radius 3 is 2.82 bits per heavy atom. The van der Waals surface area contributed by atoms with Crippen molar-refractivity contribution in [2.75, 3.05) is 6.54 Å². The second kappa shape index (κ2) is 5.16. The van der Waals surface area contributed by atoms with E-state index in [-0.39, 0.29) is 0 Å². The smallest absolute Gasteiger partial charge is 0.410 e. The molecule has 0 saturated heterocycles. The maximum Gasteiger partial charge on any atom is 0.412 e. The molecule has 17 heavy (non-hydrogen) atoms. The zero-order valence-corrected chi connectivity index (χ0v) is 9.35. The molecule has 0 heterocycles. The molecule has 3 nitrogen and oxygen atoms in total. The summed E-state index contributed by atoms with van der Waals surface area (Å²) in [6.07, 6.45) is 1.13. The van der Waals surface area contributed by atoms with E-state index in [1.165, 1.54) is 0 Å². The highest BCUT2D eigenvalue weighted by Crippen LogP contribution is 2.24. The summed E-state index contributed by atoms with van der Waals surface area (Å²) < 4.78 is 5.23. The molecule has 0 unspecified atom stereocenters. The van der Waals surface area contributed by atoms with E-state index in [1.807, 2.05) is 36.4 Å². The third kappa shape index (κ3) is 2.64. The molecule has 2 rings (SSSR count). The molecule has 0 saturated carbocycles. The van der Waals surface area contributed by atoms with E-state index in [4.69, 9.17) is 4.74 Å². The molecule has 0 fully saturated rings. The first kappa shape index (κ1) is 11.2. The Labute approximate surface area is 99.7 Å². The van der Waals surface area contributed by atoms with Crippen LogP contribution in [0.1, 0.15) is 0 Å². The summed E-state index contributed by atoms with van der Waals surface area (Å²) in [5.74, 6) is 0.560. The summed E-state index contributed by atoms with van der Waals surface area (Å²) in [6.45, 7) is 3.91. The van der Waals surface area contributed by atoms with Gasteiger partial charge in [-0.15, -0.1) is 6.58 Å². The molecule has 2 aromatic carbocycles. The van der Waals surface area contributed by atoms with Crippen LogP contribution in [0.15, 0.2) is 55.1 Å². The van der Waals surface area contributed by atoms with E-state index in [0.29, 0.717) is 12.3 Å². The fourth-order valence-electron chi connectivity index (χ4n) is 1.58. The van der Waals surface area contributed by atoms with Crippen molar-refractivity contribution in [2.45, 2.75) is 0 Å². The number of benzene rings is 2. The van der Waals surface area contributed by atoms with Crippen LogP contribution in [0, 0.1) is 0 Å². The summed E-state index contributed by atoms with van der Waals surface area (Å²) in [6, 6.07) is 13.4. The Hall–Kier alpha value is -2.29. The van der Waals surface area contributed by atoms with Crippen molar-refractivity contribution in [3.8, 4) is 5.75 Å². The molecule has 1 amide bonds. The fraction of sp³-hybridized carbons (Fsp3) is 0.0714. The topological polar surface area (TPSA) is 38.3 Å². The van der Waals surface area contributed by atoms with Crippen LogP contribution in [-0.2, 0) is 0 Å². The lowest BCUT2D eigenvalue weighted by Gasteiger charge is -2.07. The van der Waals surface area contributed by atoms with Crippen LogP contribution in [0.4, 0.5) is 4.79 Å². The van der Waals surface area contributed by atoms with Crippen LogP contribution in [0.2, 0.25) is 0 Å². The number of rotatable bonds is 3. The Morgan fingerprint density at radius 2 is 2.00 bits per heavy atom. The van der Waals surface area contributed by atoms with Gasteiger partial charge in [0.15, 0.2) is 0 Å². The van der Waals surface area contributed by atoms with E-state index in [0.717, 1.165) is 10.8 Å². The van der Waals surface area contributed by atoms with Gasteiger partial charge in [-0.25, -0.2) is 4.79 Å². The molecule has 0 atom stereocenters. The van der Waals surface area contributed by atoms with Crippen LogP contribution in [0.5, 0.6) is 5.75 Å². The van der Waals surface area contributed by atoms with Gasteiger partial charge in [0.25, 0.3) is 0 Å². The summed E-state index contributed by atoms with van der Waals surface area (Å²) in [5.41, 5.74) is 0. The van der Waals surface area contributed by atoms with Crippen molar-refractivity contribution in [2.24, 2.45) is 0 Å². The first-order valence-corrected chi connectivity index (χ1v) is 5.35. The Morgan fingerprint density at radius 1 is 1.24 bits per heavy atom. The average molecular weight is 227 g/mol. The monoisotopic (exact) mass is 227 g/mol. The highest BCUT2D eigenvalue weighted by molar-refractivity contribution is 5.90. The zero-order chi connectivity index (χ0) is 12.1. The number of ether oxygens (including phenoxy) is 1. The summed E-state index contributed by atoms with van der Waals surface area (Å²) >= 11 is 0. The van der Waals surface area contributed by atoms with Gasteiger partial charge in [0.2, 0.25) is 0 Å². The van der Waals surface area contributed by atoms with Crippen molar-refractivity contribution in [1.82, 2.24) is 5.32 Å². The molecule has 0 spiro atoms. The van der Waals surface area contributed by atoms with Gasteiger partial charge in [0.05, 0.1) is 0 Å². The summed E-state index contributed by atoms with van der Waals surface area (Å²) in [5, 5.41) is 4.53. The Kier molecular flexibility index (Phi) is 3.40. The number of hydrogen-bond acceptors (Lipinski definition) is 2. The van der Waals surface area contributed by atoms with E-state index >= 15 is 0 Å². The third-order valence-corrected chi connectivity index (χ3v) is 2.34. The van der Waals surface area contributed by atoms with Crippen molar-refractivity contribution in [3.05, 3.63) is 55.1 Å². The number of carbonyl (C=O) groups is 1. The van der Waals surface area contributed by atoms with E-state index in [9.17, 15) is 4.79 Å². The first-order valence-electron chi connectivity index (χ1n) is 5.35. The molecular formula is C14H13NO2. The number of nitrogens with one attached hydrogen (secondary N) is 1. The molecule has 2 aromatic rings. The molecule has 0 aliphatic rings. The van der Waals surface area contributed by atoms with Gasteiger partial charge in [0, 0.05) is 11.9 Å². The standard InChI is InChI=1S/C14H13NO2/c1-2-10-15-14(16)17-13-9-5-7-11-6-3-4-8-12(11)13/h2-9H,1,10H2,(H,15,16). The van der Waals surface area contributed by atoms with Gasteiger partial charge in [-0.2, -0.15) is 0 Å². The minimum absolute atomic E-state index is 0.392. The van der Waals surface area contributed by atoms with Gasteiger partial charge >= 0.3 is 6.09 Å². The highest BCUT2D eigenvalue weighted by atomic mass is 16.6. The average Bonchev–Trinajstić information content (AvgIpc) is 2.37. The third-order valence-electron chi connectivity index (χ3n) is 2.34. The molecule has 1 N–H and O–H groups in total. The SMILES string of the molecule is C=CCNC(=O)Oc1cccc2ccccc12. The summed E-state index contributed by atoms with van der Waals surface area (Å²) in [7, 11) is 0. The van der Waals surface area contributed by atoms with Gasteiger partial charge in [-0.05, 0) is 11.5 Å². The molecule has 0 aliphatic heterocycles. The van der Waals surface area contributed by atoms with Gasteiger partial charge in [-0.1, -0.05) is 42.5 Å². The maximum absolute atomic E-state index is 11.4. The lowest BCUT2D eigenvalue weighted by atomic mass is 10.1. The van der Waals surface area contributed by atoms with Crippen LogP contribution >= 0.6 is 0 Å². The Balaban J connectivity index is 2.23. The summed E-state index contributed by atoms with van der Waals surface area (Å²) in [4.78, 5) is 11.4. The number of amides is 1. The molecule has 86 valence electrons. The van der Waals surface area contributed by atoms with Crippen molar-refractivity contribution in [1.29, 1.82) is 0 Å². The lowest BCUT2D eigenvalue weighted by molar-refractivity contribution is 0.202. The van der Waals surface area contributed by atoms with Crippen LogP contribution in [0.25, 0.3) is 10.8 Å². The Bertz CT molecular complexity index is 543. The predicted octanol–water partition coefficient (Wildman–Crippen LogP) is 3.11. The van der Waals surface area contributed by atoms with Crippen LogP contribution in [0.3, 0.4) is 0 Å². The van der Waals surface area contributed by atoms with Gasteiger partial charge < -0.3 is 10.1 Å². The lowest BCUT2D eigenvalue weighted by Crippen LogP contribution is -2.26. The van der Waals surface area contributed by atoms with E-state index < -0.39 is 6.09 Å². The number of hydrogen-bond donors (Lipinski definition) is 1. The molecule has 0 bridgehead atoms. The fourth-order valence-corrected chi connectivity index (χ4v) is 1.58. The van der Waals surface area contributed by atoms with Crippen molar-refractivity contribution < 1.29 is 9.53 Å². The number of carbonyl (C=O) groups excluding carboxylic acids is 1. The highest BCUT2D eigenvalue weighted by Gasteiger charge is 2.05. The number of fused-ring (bicyclic) bond motifs is 1. The molecule has 3 heteroatoms. The quantitative estimate of drug-likeness (QED) is 0.818. The second-order valence-electron chi connectivity index (χ2n) is 3.54. The molecule has 0 aromatic heterocycles. The van der Waals surface area contributed by atoms with Gasteiger partial charge in [-0.3, -0.25) is 0 Å². The van der Waals surface area contributed by atoms with Crippen molar-refractivity contribution in [3.63, 3.8) is 0 Å². The van der Waals surface area contributed by atoms with Crippen LogP contribution in [-0.4, -0.2) is 12.6 Å². The maximum atomic E-state index is 11.4.